The van der Waals surface area contributed by atoms with Crippen LogP contribution in [0, 0.1) is 5.82 Å². The number of methoxy groups -OCH3 is 1. The van der Waals surface area contributed by atoms with Gasteiger partial charge in [0.1, 0.15) is 5.15 Å². The van der Waals surface area contributed by atoms with Crippen molar-refractivity contribution < 1.29 is 23.5 Å². The largest absolute Gasteiger partial charge is 0.494 e. The normalized spacial score (nSPS) is 10.6. The number of hydrogen-bond donors (Lipinski definition) is 0. The Hall–Kier alpha value is -2.99. The Morgan fingerprint density at radius 3 is 2.65 bits per heavy atom. The fourth-order valence-electron chi connectivity index (χ4n) is 2.44. The second-order valence-electron chi connectivity index (χ2n) is 5.36. The van der Waals surface area contributed by atoms with Crippen LogP contribution >= 0.6 is 11.6 Å². The highest BCUT2D eigenvalue weighted by Gasteiger charge is 2.17. The van der Waals surface area contributed by atoms with E-state index in [1.807, 2.05) is 0 Å². The number of carbonyl (C=O) groups is 2. The van der Waals surface area contributed by atoms with Crippen molar-refractivity contribution in [3.05, 3.63) is 70.6 Å². The summed E-state index contributed by atoms with van der Waals surface area (Å²) in [6.45, 7) is -0.529. The molecule has 0 atom stereocenters. The molecule has 0 amide bonds. The quantitative estimate of drug-likeness (QED) is 0.383. The number of ketones is 1. The van der Waals surface area contributed by atoms with Crippen LogP contribution in [0.15, 0.2) is 48.5 Å². The third-order valence-corrected chi connectivity index (χ3v) is 3.91. The van der Waals surface area contributed by atoms with Crippen LogP contribution in [0.25, 0.3) is 10.9 Å². The number of fused-ring (bicyclic) bond motifs is 1. The summed E-state index contributed by atoms with van der Waals surface area (Å²) in [6, 6.07) is 12.1. The van der Waals surface area contributed by atoms with Gasteiger partial charge in [-0.05, 0) is 30.3 Å². The van der Waals surface area contributed by atoms with Crippen molar-refractivity contribution in [1.29, 1.82) is 0 Å². The van der Waals surface area contributed by atoms with Crippen molar-refractivity contribution in [3.8, 4) is 5.75 Å². The van der Waals surface area contributed by atoms with Crippen LogP contribution in [0.4, 0.5) is 4.39 Å². The first-order valence-electron chi connectivity index (χ1n) is 7.58. The lowest BCUT2D eigenvalue weighted by Crippen LogP contribution is -2.15. The van der Waals surface area contributed by atoms with Crippen LogP contribution in [0.5, 0.6) is 5.75 Å². The van der Waals surface area contributed by atoms with Crippen LogP contribution < -0.4 is 4.74 Å². The minimum atomic E-state index is -0.715. The van der Waals surface area contributed by atoms with Gasteiger partial charge in [-0.15, -0.1) is 0 Å². The smallest absolute Gasteiger partial charge is 0.339 e. The molecule has 0 aliphatic carbocycles. The molecule has 0 aliphatic rings. The van der Waals surface area contributed by atoms with Gasteiger partial charge in [-0.2, -0.15) is 0 Å². The van der Waals surface area contributed by atoms with Gasteiger partial charge in [0, 0.05) is 10.9 Å². The summed E-state index contributed by atoms with van der Waals surface area (Å²) in [5.41, 5.74) is 0.818. The minimum absolute atomic E-state index is 0.0245. The van der Waals surface area contributed by atoms with E-state index in [1.54, 1.807) is 24.3 Å². The van der Waals surface area contributed by atoms with E-state index in [2.05, 4.69) is 4.98 Å². The van der Waals surface area contributed by atoms with E-state index in [9.17, 15) is 14.0 Å². The Bertz CT molecular complexity index is 1010. The Morgan fingerprint density at radius 1 is 1.15 bits per heavy atom. The molecule has 132 valence electrons. The summed E-state index contributed by atoms with van der Waals surface area (Å²) in [5, 5.41) is 0.698. The predicted octanol–water partition coefficient (Wildman–Crippen LogP) is 4.08. The number of ether oxygens (including phenoxy) is 2. The molecule has 0 fully saturated rings. The highest BCUT2D eigenvalue weighted by molar-refractivity contribution is 6.30. The molecule has 0 saturated carbocycles. The molecule has 7 heteroatoms. The lowest BCUT2D eigenvalue weighted by atomic mass is 10.1. The monoisotopic (exact) mass is 373 g/mol. The lowest BCUT2D eigenvalue weighted by Gasteiger charge is -2.08. The summed E-state index contributed by atoms with van der Waals surface area (Å²) < 4.78 is 23.6. The molecule has 5 nitrogen and oxygen atoms in total. The van der Waals surface area contributed by atoms with E-state index in [1.165, 1.54) is 25.3 Å². The van der Waals surface area contributed by atoms with Crippen LogP contribution in [0.3, 0.4) is 0 Å². The summed E-state index contributed by atoms with van der Waals surface area (Å²) in [5.74, 6) is -1.90. The van der Waals surface area contributed by atoms with E-state index in [-0.39, 0.29) is 22.0 Å². The number of carbonyl (C=O) groups excluding carboxylic acids is 2. The molecule has 1 heterocycles. The Morgan fingerprint density at radius 2 is 1.92 bits per heavy atom. The molecule has 3 rings (SSSR count). The van der Waals surface area contributed by atoms with Crippen molar-refractivity contribution in [2.24, 2.45) is 0 Å². The second-order valence-corrected chi connectivity index (χ2v) is 5.75. The number of benzene rings is 2. The van der Waals surface area contributed by atoms with Gasteiger partial charge >= 0.3 is 5.97 Å². The van der Waals surface area contributed by atoms with Gasteiger partial charge in [0.2, 0.25) is 0 Å². The van der Waals surface area contributed by atoms with Crippen molar-refractivity contribution >= 4 is 34.3 Å². The number of aromatic nitrogens is 1. The zero-order valence-electron chi connectivity index (χ0n) is 13.7. The van der Waals surface area contributed by atoms with Crippen LogP contribution in [-0.2, 0) is 4.74 Å². The van der Waals surface area contributed by atoms with Crippen molar-refractivity contribution in [2.45, 2.75) is 0 Å². The number of Topliss-reactive ketones (excluding diaryl/α,β-unsaturated/α-hetero) is 1. The average Bonchev–Trinajstić information content (AvgIpc) is 2.65. The second kappa shape index (κ2) is 7.49. The number of rotatable bonds is 5. The van der Waals surface area contributed by atoms with E-state index < -0.39 is 24.2 Å². The van der Waals surface area contributed by atoms with Gasteiger partial charge in [-0.3, -0.25) is 4.79 Å². The van der Waals surface area contributed by atoms with E-state index in [4.69, 9.17) is 21.1 Å². The van der Waals surface area contributed by atoms with Crippen molar-refractivity contribution in [2.75, 3.05) is 13.7 Å². The van der Waals surface area contributed by atoms with Gasteiger partial charge in [-0.25, -0.2) is 14.2 Å². The standard InChI is InChI=1S/C19H13ClFNO4/c1-25-17-7-6-11(8-14(17)21)16(23)10-26-19(24)13-9-18(20)22-15-5-3-2-4-12(13)15/h2-9H,10H2,1H3. The van der Waals surface area contributed by atoms with E-state index >= 15 is 0 Å². The van der Waals surface area contributed by atoms with Gasteiger partial charge in [-0.1, -0.05) is 29.8 Å². The van der Waals surface area contributed by atoms with Gasteiger partial charge < -0.3 is 9.47 Å². The average molecular weight is 374 g/mol. The predicted molar refractivity (Wildman–Crippen MR) is 94.3 cm³/mol. The summed E-state index contributed by atoms with van der Waals surface area (Å²) in [6.07, 6.45) is 0. The first kappa shape index (κ1) is 17.8. The molecule has 0 saturated heterocycles. The molecule has 0 aliphatic heterocycles. The lowest BCUT2D eigenvalue weighted by molar-refractivity contribution is 0.0476. The number of halogens is 2. The minimum Gasteiger partial charge on any atom is -0.494 e. The third-order valence-electron chi connectivity index (χ3n) is 3.71. The number of hydrogen-bond acceptors (Lipinski definition) is 5. The number of esters is 1. The molecule has 0 spiro atoms. The summed E-state index contributed by atoms with van der Waals surface area (Å²) >= 11 is 5.93. The summed E-state index contributed by atoms with van der Waals surface area (Å²) in [4.78, 5) is 28.6. The fraction of sp³-hybridized carbons (Fsp3) is 0.105. The number of pyridine rings is 1. The van der Waals surface area contributed by atoms with Gasteiger partial charge in [0.15, 0.2) is 24.0 Å². The highest BCUT2D eigenvalue weighted by Crippen LogP contribution is 2.22. The number of para-hydroxylation sites is 1. The number of nitrogens with zero attached hydrogens (tertiary/aromatic N) is 1. The first-order valence-corrected chi connectivity index (χ1v) is 7.96. The highest BCUT2D eigenvalue weighted by atomic mass is 35.5. The fourth-order valence-corrected chi connectivity index (χ4v) is 2.64. The van der Waals surface area contributed by atoms with E-state index in [0.29, 0.717) is 10.9 Å². The van der Waals surface area contributed by atoms with Gasteiger partial charge in [0.25, 0.3) is 0 Å². The van der Waals surface area contributed by atoms with Crippen LogP contribution in [0.2, 0.25) is 5.15 Å². The molecule has 3 aromatic rings. The topological polar surface area (TPSA) is 65.5 Å². The van der Waals surface area contributed by atoms with Gasteiger partial charge in [0.05, 0.1) is 18.2 Å². The molecule has 26 heavy (non-hydrogen) atoms. The molecule has 0 N–H and O–H groups in total. The molecule has 0 unspecified atom stereocenters. The maximum Gasteiger partial charge on any atom is 0.339 e. The Labute approximate surface area is 153 Å². The zero-order chi connectivity index (χ0) is 18.7. The zero-order valence-corrected chi connectivity index (χ0v) is 14.4. The Balaban J connectivity index is 1.77. The summed E-state index contributed by atoms with van der Waals surface area (Å²) in [7, 11) is 1.33. The Kier molecular flexibility index (Phi) is 5.14. The maximum absolute atomic E-state index is 13.7. The maximum atomic E-state index is 13.7. The van der Waals surface area contributed by atoms with E-state index in [0.717, 1.165) is 6.07 Å². The van der Waals surface area contributed by atoms with Crippen LogP contribution in [0.1, 0.15) is 20.7 Å². The van der Waals surface area contributed by atoms with Crippen molar-refractivity contribution in [3.63, 3.8) is 0 Å². The molecule has 0 bridgehead atoms. The first-order chi connectivity index (χ1) is 12.5. The molecule has 1 aromatic heterocycles. The SMILES string of the molecule is COc1ccc(C(=O)COC(=O)c2cc(Cl)nc3ccccc23)cc1F. The molecule has 2 aromatic carbocycles. The third kappa shape index (κ3) is 3.65. The van der Waals surface area contributed by atoms with Crippen molar-refractivity contribution in [1.82, 2.24) is 4.98 Å². The molecule has 0 radical (unpaired) electrons. The van der Waals surface area contributed by atoms with Crippen LogP contribution in [-0.4, -0.2) is 30.5 Å². The molecular formula is C19H13ClFNO4. The molecular weight excluding hydrogens is 361 g/mol.